The molecule has 3 aliphatic rings. The van der Waals surface area contributed by atoms with E-state index >= 15 is 0 Å². The molecular weight excluding hydrogens is 514 g/mol. The molecule has 0 aromatic carbocycles. The highest BCUT2D eigenvalue weighted by Crippen LogP contribution is 2.44. The number of aromatic nitrogens is 2. The molecule has 0 radical (unpaired) electrons. The van der Waals surface area contributed by atoms with E-state index in [2.05, 4.69) is 32.3 Å². The number of esters is 1. The predicted molar refractivity (Wildman–Crippen MR) is 164 cm³/mol. The summed E-state index contributed by atoms with van der Waals surface area (Å²) < 4.78 is 5.61. The van der Waals surface area contributed by atoms with E-state index in [1.807, 2.05) is 44.2 Å². The van der Waals surface area contributed by atoms with Gasteiger partial charge in [-0.1, -0.05) is 25.7 Å². The number of nitrogens with zero attached hydrogens (tertiary/aromatic N) is 4. The lowest BCUT2D eigenvalue weighted by molar-refractivity contribution is -0.144. The Morgan fingerprint density at radius 3 is 2.49 bits per heavy atom. The highest BCUT2D eigenvalue weighted by atomic mass is 16.5. The summed E-state index contributed by atoms with van der Waals surface area (Å²) >= 11 is 0. The molecule has 41 heavy (non-hydrogen) atoms. The third-order valence-corrected chi connectivity index (χ3v) is 8.95. The maximum absolute atomic E-state index is 13.9. The number of hydrogen-bond acceptors (Lipinski definition) is 7. The van der Waals surface area contributed by atoms with E-state index in [0.717, 1.165) is 93.6 Å². The Bertz CT molecular complexity index is 1220. The second kappa shape index (κ2) is 13.0. The molecule has 3 fully saturated rings. The molecule has 5 rings (SSSR count). The first-order chi connectivity index (χ1) is 19.8. The van der Waals surface area contributed by atoms with Gasteiger partial charge in [-0.2, -0.15) is 0 Å². The number of pyridine rings is 2. The molecule has 2 aromatic heterocycles. The van der Waals surface area contributed by atoms with E-state index in [1.54, 1.807) is 6.08 Å². The Balaban J connectivity index is 1.20. The third kappa shape index (κ3) is 7.46. The van der Waals surface area contributed by atoms with Gasteiger partial charge in [-0.15, -0.1) is 0 Å². The average molecular weight is 560 g/mol. The third-order valence-electron chi connectivity index (χ3n) is 8.95. The van der Waals surface area contributed by atoms with E-state index < -0.39 is 0 Å². The van der Waals surface area contributed by atoms with Gasteiger partial charge in [0.1, 0.15) is 17.7 Å². The fraction of sp³-hybridized carbons (Fsp3) is 0.576. The largest absolute Gasteiger partial charge is 0.459 e. The van der Waals surface area contributed by atoms with Crippen molar-refractivity contribution in [3.63, 3.8) is 0 Å². The summed E-state index contributed by atoms with van der Waals surface area (Å²) in [5.74, 6) is 1.75. The monoisotopic (exact) mass is 559 g/mol. The lowest BCUT2D eigenvalue weighted by atomic mass is 9.67. The number of amides is 1. The fourth-order valence-corrected chi connectivity index (χ4v) is 6.70. The van der Waals surface area contributed by atoms with Crippen LogP contribution in [0.2, 0.25) is 0 Å². The van der Waals surface area contributed by atoms with Crippen LogP contribution in [0, 0.1) is 18.3 Å². The minimum atomic E-state index is -0.368. The molecule has 0 unspecified atom stereocenters. The topological polar surface area (TPSA) is 87.7 Å². The quantitative estimate of drug-likeness (QED) is 0.291. The number of aryl methyl sites for hydroxylation is 1. The number of carbonyl (C=O) groups excluding carboxylic acids is 2. The Kier molecular flexibility index (Phi) is 9.25. The second-order valence-electron chi connectivity index (χ2n) is 12.5. The van der Waals surface area contributed by atoms with Gasteiger partial charge >= 0.3 is 5.97 Å². The molecule has 3 heterocycles. The smallest absolute Gasteiger partial charge is 0.331 e. The summed E-state index contributed by atoms with van der Waals surface area (Å²) in [6.07, 6.45) is 16.7. The van der Waals surface area contributed by atoms with Gasteiger partial charge in [0.25, 0.3) is 0 Å². The molecule has 0 atom stereocenters. The summed E-state index contributed by atoms with van der Waals surface area (Å²) in [6.45, 7) is 3.81. The van der Waals surface area contributed by atoms with Crippen LogP contribution in [0.25, 0.3) is 6.08 Å². The van der Waals surface area contributed by atoms with Crippen molar-refractivity contribution in [3.8, 4) is 0 Å². The van der Waals surface area contributed by atoms with Gasteiger partial charge in [-0.05, 0) is 93.7 Å². The molecule has 8 heteroatoms. The van der Waals surface area contributed by atoms with E-state index in [0.29, 0.717) is 11.7 Å². The number of anilines is 3. The van der Waals surface area contributed by atoms with Crippen molar-refractivity contribution >= 4 is 35.3 Å². The highest BCUT2D eigenvalue weighted by molar-refractivity contribution is 5.95. The van der Waals surface area contributed by atoms with Crippen LogP contribution in [-0.4, -0.2) is 55.1 Å². The summed E-state index contributed by atoms with van der Waals surface area (Å²) in [4.78, 5) is 39.7. The Hall–Kier alpha value is -3.42. The molecule has 2 aliphatic carbocycles. The van der Waals surface area contributed by atoms with E-state index in [9.17, 15) is 9.59 Å². The van der Waals surface area contributed by atoms with Gasteiger partial charge < -0.3 is 19.9 Å². The SMILES string of the molecule is Cc1cc(/C=C/C(=O)OC2CCCCC2)cc(NC(=O)C2(CC3CN(c4ccc(N(C)C)nc4)C3)CCCCC2)n1. The molecule has 1 amide bonds. The molecule has 220 valence electrons. The van der Waals surface area contributed by atoms with Crippen molar-refractivity contribution in [2.45, 2.75) is 83.7 Å². The minimum absolute atomic E-state index is 0.0321. The van der Waals surface area contributed by atoms with E-state index in [4.69, 9.17) is 4.74 Å². The Labute approximate surface area is 244 Å². The highest BCUT2D eigenvalue weighted by Gasteiger charge is 2.44. The molecule has 0 bridgehead atoms. The zero-order valence-corrected chi connectivity index (χ0v) is 24.9. The number of nitrogens with one attached hydrogen (secondary N) is 1. The van der Waals surface area contributed by atoms with Crippen molar-refractivity contribution in [2.75, 3.05) is 42.3 Å². The summed E-state index contributed by atoms with van der Waals surface area (Å²) in [6, 6.07) is 7.95. The lowest BCUT2D eigenvalue weighted by Gasteiger charge is -2.46. The van der Waals surface area contributed by atoms with Crippen LogP contribution in [0.15, 0.2) is 36.5 Å². The number of ether oxygens (including phenoxy) is 1. The molecule has 1 saturated heterocycles. The molecule has 1 aliphatic heterocycles. The minimum Gasteiger partial charge on any atom is -0.459 e. The van der Waals surface area contributed by atoms with Crippen molar-refractivity contribution in [1.29, 1.82) is 0 Å². The van der Waals surface area contributed by atoms with Crippen molar-refractivity contribution in [1.82, 2.24) is 9.97 Å². The molecule has 0 spiro atoms. The first-order valence-corrected chi connectivity index (χ1v) is 15.4. The maximum Gasteiger partial charge on any atom is 0.331 e. The number of hydrogen-bond donors (Lipinski definition) is 1. The van der Waals surface area contributed by atoms with Gasteiger partial charge in [0.15, 0.2) is 0 Å². The molecule has 1 N–H and O–H groups in total. The lowest BCUT2D eigenvalue weighted by Crippen LogP contribution is -2.51. The van der Waals surface area contributed by atoms with Gasteiger partial charge in [0.05, 0.1) is 11.9 Å². The second-order valence-corrected chi connectivity index (χ2v) is 12.5. The van der Waals surface area contributed by atoms with E-state index in [1.165, 1.54) is 18.9 Å². The zero-order chi connectivity index (χ0) is 28.8. The molecule has 2 saturated carbocycles. The van der Waals surface area contributed by atoms with Crippen molar-refractivity contribution in [2.24, 2.45) is 11.3 Å². The van der Waals surface area contributed by atoms with Crippen LogP contribution in [-0.2, 0) is 14.3 Å². The number of carbonyl (C=O) groups is 2. The molecule has 8 nitrogen and oxygen atoms in total. The van der Waals surface area contributed by atoms with Crippen LogP contribution in [0.4, 0.5) is 17.3 Å². The van der Waals surface area contributed by atoms with Crippen LogP contribution < -0.4 is 15.1 Å². The van der Waals surface area contributed by atoms with Crippen LogP contribution in [0.3, 0.4) is 0 Å². The predicted octanol–water partition coefficient (Wildman–Crippen LogP) is 6.16. The van der Waals surface area contributed by atoms with Crippen molar-refractivity contribution < 1.29 is 14.3 Å². The normalized spacial score (nSPS) is 19.5. The van der Waals surface area contributed by atoms with Crippen LogP contribution >= 0.6 is 0 Å². The molecule has 2 aromatic rings. The standard InChI is InChI=1S/C33H45N5O3/c1-24-18-25(12-15-31(39)41-28-10-6-4-7-11-28)19-29(35-24)36-32(40)33(16-8-5-9-17-33)20-26-22-38(23-26)27-13-14-30(34-21-27)37(2)3/h12-15,18-19,21,26,28H,4-11,16-17,20,22-23H2,1-3H3,(H,35,36,40)/b15-12+. The summed E-state index contributed by atoms with van der Waals surface area (Å²) in [5.41, 5.74) is 2.40. The fourth-order valence-electron chi connectivity index (χ4n) is 6.70. The van der Waals surface area contributed by atoms with Gasteiger partial charge in [-0.25, -0.2) is 14.8 Å². The molecular formula is C33H45N5O3. The van der Waals surface area contributed by atoms with Gasteiger partial charge in [-0.3, -0.25) is 4.79 Å². The first-order valence-electron chi connectivity index (χ1n) is 15.4. The van der Waals surface area contributed by atoms with Crippen molar-refractivity contribution in [3.05, 3.63) is 47.8 Å². The van der Waals surface area contributed by atoms with Gasteiger partial charge in [0.2, 0.25) is 5.91 Å². The van der Waals surface area contributed by atoms with E-state index in [-0.39, 0.29) is 23.4 Å². The summed E-state index contributed by atoms with van der Waals surface area (Å²) in [7, 11) is 3.99. The Morgan fingerprint density at radius 2 is 1.80 bits per heavy atom. The van der Waals surface area contributed by atoms with Gasteiger partial charge in [0, 0.05) is 44.4 Å². The Morgan fingerprint density at radius 1 is 1.07 bits per heavy atom. The van der Waals surface area contributed by atoms with Crippen LogP contribution in [0.5, 0.6) is 0 Å². The van der Waals surface area contributed by atoms with Crippen LogP contribution in [0.1, 0.15) is 81.9 Å². The number of rotatable bonds is 9. The first kappa shape index (κ1) is 29.1. The zero-order valence-electron chi connectivity index (χ0n) is 24.9. The maximum atomic E-state index is 13.9. The summed E-state index contributed by atoms with van der Waals surface area (Å²) in [5, 5.41) is 3.17. The average Bonchev–Trinajstić information content (AvgIpc) is 2.94.